The summed E-state index contributed by atoms with van der Waals surface area (Å²) >= 11 is 0. The van der Waals surface area contributed by atoms with Gasteiger partial charge in [0.25, 0.3) is 0 Å². The van der Waals surface area contributed by atoms with Gasteiger partial charge in [-0.1, -0.05) is 55.3 Å². The fraction of sp³-hybridized carbons (Fsp3) is 0.467. The SMILES string of the molecule is O=C(CCCCCCC(=O)Nc1cccc(CNC(=O)NC(Cc2ccccc2)C(=O)OC2CCCC2)c1)NO. The van der Waals surface area contributed by atoms with E-state index in [2.05, 4.69) is 16.0 Å². The van der Waals surface area contributed by atoms with E-state index < -0.39 is 23.9 Å². The zero-order valence-electron chi connectivity index (χ0n) is 22.8. The molecule has 216 valence electrons. The minimum atomic E-state index is -0.805. The number of amides is 4. The molecule has 0 bridgehead atoms. The number of hydrogen-bond donors (Lipinski definition) is 5. The Morgan fingerprint density at radius 1 is 0.850 bits per heavy atom. The molecule has 4 amide bonds. The maximum atomic E-state index is 12.9. The highest BCUT2D eigenvalue weighted by Crippen LogP contribution is 2.22. The van der Waals surface area contributed by atoms with Crippen molar-refractivity contribution in [1.29, 1.82) is 0 Å². The van der Waals surface area contributed by atoms with E-state index in [4.69, 9.17) is 9.94 Å². The average Bonchev–Trinajstić information content (AvgIpc) is 3.47. The predicted octanol–water partition coefficient (Wildman–Crippen LogP) is 4.37. The van der Waals surface area contributed by atoms with E-state index in [-0.39, 0.29) is 25.0 Å². The van der Waals surface area contributed by atoms with Gasteiger partial charge in [-0.05, 0) is 61.8 Å². The van der Waals surface area contributed by atoms with Crippen molar-refractivity contribution in [3.63, 3.8) is 0 Å². The molecule has 0 spiro atoms. The first-order valence-corrected chi connectivity index (χ1v) is 14.0. The Balaban J connectivity index is 1.44. The highest BCUT2D eigenvalue weighted by atomic mass is 16.5. The molecule has 1 atom stereocenters. The van der Waals surface area contributed by atoms with Gasteiger partial charge in [-0.2, -0.15) is 0 Å². The van der Waals surface area contributed by atoms with Crippen LogP contribution in [-0.4, -0.2) is 41.2 Å². The molecule has 10 nitrogen and oxygen atoms in total. The van der Waals surface area contributed by atoms with Gasteiger partial charge in [0.05, 0.1) is 0 Å². The van der Waals surface area contributed by atoms with Crippen molar-refractivity contribution < 1.29 is 29.1 Å². The highest BCUT2D eigenvalue weighted by Gasteiger charge is 2.27. The van der Waals surface area contributed by atoms with Crippen molar-refractivity contribution in [3.05, 3.63) is 65.7 Å². The van der Waals surface area contributed by atoms with Crippen molar-refractivity contribution in [1.82, 2.24) is 16.1 Å². The smallest absolute Gasteiger partial charge is 0.329 e. The van der Waals surface area contributed by atoms with Crippen molar-refractivity contribution >= 4 is 29.5 Å². The first-order valence-electron chi connectivity index (χ1n) is 14.0. The van der Waals surface area contributed by atoms with Crippen LogP contribution < -0.4 is 21.4 Å². The molecule has 10 heteroatoms. The quantitative estimate of drug-likeness (QED) is 0.0960. The largest absolute Gasteiger partial charge is 0.461 e. The lowest BCUT2D eigenvalue weighted by molar-refractivity contribution is -0.151. The lowest BCUT2D eigenvalue weighted by Gasteiger charge is -2.21. The summed E-state index contributed by atoms with van der Waals surface area (Å²) in [6.07, 6.45) is 7.63. The third kappa shape index (κ3) is 11.4. The Hall–Kier alpha value is -3.92. The molecule has 2 aromatic rings. The van der Waals surface area contributed by atoms with Crippen LogP contribution in [0.15, 0.2) is 54.6 Å². The number of anilines is 1. The summed E-state index contributed by atoms with van der Waals surface area (Å²) < 4.78 is 5.68. The molecule has 5 N–H and O–H groups in total. The molecular weight excluding hydrogens is 512 g/mol. The number of carbonyl (C=O) groups is 4. The van der Waals surface area contributed by atoms with Gasteiger partial charge in [-0.25, -0.2) is 15.1 Å². The van der Waals surface area contributed by atoms with Crippen molar-refractivity contribution in [3.8, 4) is 0 Å². The lowest BCUT2D eigenvalue weighted by Crippen LogP contribution is -2.48. The molecule has 1 aliphatic rings. The number of ether oxygens (including phenoxy) is 1. The third-order valence-corrected chi connectivity index (χ3v) is 6.80. The molecule has 40 heavy (non-hydrogen) atoms. The van der Waals surface area contributed by atoms with Gasteiger partial charge < -0.3 is 20.7 Å². The number of hydrogen-bond acceptors (Lipinski definition) is 6. The molecule has 0 saturated heterocycles. The molecule has 1 saturated carbocycles. The Morgan fingerprint density at radius 2 is 1.52 bits per heavy atom. The standard InChI is InChI=1S/C30H40N4O6/c35-27(17-6-1-2-7-18-28(36)34-39)32-24-14-10-13-23(19-24)21-31-30(38)33-26(20-22-11-4-3-5-12-22)29(37)40-25-15-8-9-16-25/h3-5,10-14,19,25-26,39H,1-2,6-9,15-18,20-21H2,(H,32,35)(H,34,36)(H2,31,33,38). The van der Waals surface area contributed by atoms with Gasteiger partial charge in [-0.3, -0.25) is 14.8 Å². The first kappa shape index (κ1) is 30.6. The molecule has 1 unspecified atom stereocenters. The zero-order chi connectivity index (χ0) is 28.6. The fourth-order valence-corrected chi connectivity index (χ4v) is 4.65. The summed E-state index contributed by atoms with van der Waals surface area (Å²) in [6.45, 7) is 0.215. The van der Waals surface area contributed by atoms with E-state index in [9.17, 15) is 19.2 Å². The summed E-state index contributed by atoms with van der Waals surface area (Å²) in [5.74, 6) is -0.940. The number of carbonyl (C=O) groups excluding carboxylic acids is 4. The Labute approximate surface area is 235 Å². The van der Waals surface area contributed by atoms with E-state index in [1.54, 1.807) is 23.7 Å². The molecular formula is C30H40N4O6. The van der Waals surface area contributed by atoms with E-state index in [1.807, 2.05) is 36.4 Å². The van der Waals surface area contributed by atoms with Crippen LogP contribution in [0.25, 0.3) is 0 Å². The third-order valence-electron chi connectivity index (χ3n) is 6.80. The summed E-state index contributed by atoms with van der Waals surface area (Å²) in [6, 6.07) is 15.4. The van der Waals surface area contributed by atoms with Crippen LogP contribution in [0.3, 0.4) is 0 Å². The van der Waals surface area contributed by atoms with Gasteiger partial charge in [0.15, 0.2) is 0 Å². The van der Waals surface area contributed by atoms with Crippen LogP contribution in [0, 0.1) is 0 Å². The number of nitrogens with one attached hydrogen (secondary N) is 4. The van der Waals surface area contributed by atoms with Crippen LogP contribution in [-0.2, 0) is 32.1 Å². The lowest BCUT2D eigenvalue weighted by atomic mass is 10.1. The summed E-state index contributed by atoms with van der Waals surface area (Å²) in [5.41, 5.74) is 3.96. The van der Waals surface area contributed by atoms with E-state index in [0.29, 0.717) is 31.4 Å². The topological polar surface area (TPSA) is 146 Å². The summed E-state index contributed by atoms with van der Waals surface area (Å²) in [4.78, 5) is 48.9. The predicted molar refractivity (Wildman–Crippen MR) is 150 cm³/mol. The molecule has 0 heterocycles. The maximum absolute atomic E-state index is 12.9. The van der Waals surface area contributed by atoms with Crippen molar-refractivity contribution in [2.45, 2.75) is 89.3 Å². The van der Waals surface area contributed by atoms with Crippen LogP contribution in [0.5, 0.6) is 0 Å². The normalized spacial score (nSPS) is 13.7. The molecule has 1 aliphatic carbocycles. The van der Waals surface area contributed by atoms with Crippen molar-refractivity contribution in [2.24, 2.45) is 0 Å². The molecule has 1 fully saturated rings. The summed E-state index contributed by atoms with van der Waals surface area (Å²) in [5, 5.41) is 16.9. The fourth-order valence-electron chi connectivity index (χ4n) is 4.65. The Bertz CT molecular complexity index is 1100. The van der Waals surface area contributed by atoms with Gasteiger partial charge in [0.2, 0.25) is 11.8 Å². The second kappa shape index (κ2) is 16.9. The van der Waals surface area contributed by atoms with Gasteiger partial charge in [-0.15, -0.1) is 0 Å². The molecule has 0 aromatic heterocycles. The number of unbranched alkanes of at least 4 members (excludes halogenated alkanes) is 3. The van der Waals surface area contributed by atoms with Crippen LogP contribution >= 0.6 is 0 Å². The number of benzene rings is 2. The molecule has 3 rings (SSSR count). The molecule has 0 radical (unpaired) electrons. The average molecular weight is 553 g/mol. The summed E-state index contributed by atoms with van der Waals surface area (Å²) in [7, 11) is 0. The monoisotopic (exact) mass is 552 g/mol. The van der Waals surface area contributed by atoms with Gasteiger partial charge in [0, 0.05) is 31.5 Å². The van der Waals surface area contributed by atoms with Gasteiger partial charge >= 0.3 is 12.0 Å². The first-order chi connectivity index (χ1) is 19.4. The van der Waals surface area contributed by atoms with Gasteiger partial charge in [0.1, 0.15) is 12.1 Å². The van der Waals surface area contributed by atoms with E-state index in [1.165, 1.54) is 0 Å². The zero-order valence-corrected chi connectivity index (χ0v) is 22.8. The minimum Gasteiger partial charge on any atom is -0.461 e. The van der Waals surface area contributed by atoms with E-state index in [0.717, 1.165) is 49.7 Å². The Kier molecular flexibility index (Phi) is 12.9. The second-order valence-electron chi connectivity index (χ2n) is 10.1. The van der Waals surface area contributed by atoms with Crippen molar-refractivity contribution in [2.75, 3.05) is 5.32 Å². The van der Waals surface area contributed by atoms with Crippen LogP contribution in [0.2, 0.25) is 0 Å². The number of esters is 1. The Morgan fingerprint density at radius 3 is 2.23 bits per heavy atom. The number of rotatable bonds is 15. The second-order valence-corrected chi connectivity index (χ2v) is 10.1. The molecule has 0 aliphatic heterocycles. The minimum absolute atomic E-state index is 0.0892. The highest BCUT2D eigenvalue weighted by molar-refractivity contribution is 5.90. The maximum Gasteiger partial charge on any atom is 0.329 e. The van der Waals surface area contributed by atoms with Crippen LogP contribution in [0.4, 0.5) is 10.5 Å². The number of hydroxylamine groups is 1. The van der Waals surface area contributed by atoms with Crippen LogP contribution in [0.1, 0.15) is 75.3 Å². The number of urea groups is 1. The molecule has 2 aromatic carbocycles. The van der Waals surface area contributed by atoms with E-state index >= 15 is 0 Å².